The standard InChI is InChI=1S/C31H39N7O8/c1-17(2)27(38-25(39)15-32)29(42)37-23(5-4-12-34-30(33)43)28(41)35-20-8-6-19(7-9-20)16-45-31(44)36-21-10-11-22-18(3)13-26(40)46-24(22)14-21/h6-11,13-14,17,23,27H,4-5,12,15-16,32H2,1-3H3,(H,35,41)(H,36,44)(H,37,42)(H,38,39)(H3,33,34,43). The van der Waals surface area contributed by atoms with E-state index in [9.17, 15) is 28.8 Å². The van der Waals surface area contributed by atoms with Gasteiger partial charge in [-0.2, -0.15) is 0 Å². The largest absolute Gasteiger partial charge is 0.444 e. The molecule has 0 aliphatic carbocycles. The van der Waals surface area contributed by atoms with Crippen LogP contribution in [0.25, 0.3) is 11.0 Å². The van der Waals surface area contributed by atoms with Gasteiger partial charge in [0.1, 0.15) is 24.3 Å². The molecule has 46 heavy (non-hydrogen) atoms. The van der Waals surface area contributed by atoms with Crippen LogP contribution in [0.1, 0.15) is 37.8 Å². The van der Waals surface area contributed by atoms with E-state index in [-0.39, 0.29) is 32.0 Å². The SMILES string of the molecule is Cc1cc(=O)oc2cc(NC(=O)OCc3ccc(NC(=O)C(CCCNC(N)=O)NC(=O)C(NC(=O)CN)C(C)C)cc3)ccc12. The molecule has 0 aliphatic rings. The summed E-state index contributed by atoms with van der Waals surface area (Å²) in [6, 6.07) is 10.2. The Morgan fingerprint density at radius 2 is 1.61 bits per heavy atom. The molecule has 3 rings (SSSR count). The molecule has 0 spiro atoms. The van der Waals surface area contributed by atoms with E-state index in [0.29, 0.717) is 28.9 Å². The highest BCUT2D eigenvalue weighted by Gasteiger charge is 2.28. The molecule has 0 saturated heterocycles. The summed E-state index contributed by atoms with van der Waals surface area (Å²) < 4.78 is 10.5. The van der Waals surface area contributed by atoms with Crippen LogP contribution in [-0.2, 0) is 25.7 Å². The Hall–Kier alpha value is -5.44. The molecular weight excluding hydrogens is 598 g/mol. The van der Waals surface area contributed by atoms with Crippen molar-refractivity contribution in [2.75, 3.05) is 23.7 Å². The molecule has 3 aromatic rings. The normalized spacial score (nSPS) is 12.1. The van der Waals surface area contributed by atoms with E-state index >= 15 is 0 Å². The van der Waals surface area contributed by atoms with Crippen molar-refractivity contribution in [3.63, 3.8) is 0 Å². The summed E-state index contributed by atoms with van der Waals surface area (Å²) in [7, 11) is 0. The van der Waals surface area contributed by atoms with Gasteiger partial charge >= 0.3 is 17.7 Å². The van der Waals surface area contributed by atoms with Crippen LogP contribution >= 0.6 is 0 Å². The smallest absolute Gasteiger partial charge is 0.411 e. The van der Waals surface area contributed by atoms with Crippen molar-refractivity contribution in [3.05, 3.63) is 70.1 Å². The number of benzene rings is 2. The number of nitrogens with two attached hydrogens (primary N) is 2. The topological polar surface area (TPSA) is 237 Å². The van der Waals surface area contributed by atoms with Crippen molar-refractivity contribution < 1.29 is 33.1 Å². The lowest BCUT2D eigenvalue weighted by Gasteiger charge is -2.25. The van der Waals surface area contributed by atoms with Crippen LogP contribution in [0.3, 0.4) is 0 Å². The summed E-state index contributed by atoms with van der Waals surface area (Å²) in [6.45, 7) is 5.09. The number of amides is 6. The Kier molecular flexibility index (Phi) is 12.6. The van der Waals surface area contributed by atoms with E-state index in [1.54, 1.807) is 57.2 Å². The van der Waals surface area contributed by atoms with Crippen LogP contribution in [-0.4, -0.2) is 55.0 Å². The molecule has 246 valence electrons. The number of aryl methyl sites for hydroxylation is 1. The molecule has 0 radical (unpaired) electrons. The van der Waals surface area contributed by atoms with Gasteiger partial charge in [0.25, 0.3) is 0 Å². The molecule has 2 aromatic carbocycles. The number of hydrogen-bond donors (Lipinski definition) is 7. The number of anilines is 2. The minimum absolute atomic E-state index is 0.0709. The molecule has 2 unspecified atom stereocenters. The molecule has 9 N–H and O–H groups in total. The third-order valence-electron chi connectivity index (χ3n) is 6.84. The summed E-state index contributed by atoms with van der Waals surface area (Å²) in [5.74, 6) is -1.88. The van der Waals surface area contributed by atoms with E-state index in [0.717, 1.165) is 10.9 Å². The summed E-state index contributed by atoms with van der Waals surface area (Å²) >= 11 is 0. The number of hydrogen-bond acceptors (Lipinski definition) is 9. The van der Waals surface area contributed by atoms with E-state index in [2.05, 4.69) is 26.6 Å². The molecule has 2 atom stereocenters. The first kappa shape index (κ1) is 35.0. The maximum atomic E-state index is 13.2. The van der Waals surface area contributed by atoms with Crippen molar-refractivity contribution in [1.82, 2.24) is 16.0 Å². The van der Waals surface area contributed by atoms with E-state index in [1.165, 1.54) is 12.1 Å². The van der Waals surface area contributed by atoms with Gasteiger partial charge in [-0.3, -0.25) is 19.7 Å². The van der Waals surface area contributed by atoms with Gasteiger partial charge in [-0.1, -0.05) is 26.0 Å². The van der Waals surface area contributed by atoms with Crippen molar-refractivity contribution in [2.45, 2.75) is 52.3 Å². The number of carbonyl (C=O) groups is 5. The highest BCUT2D eigenvalue weighted by atomic mass is 16.5. The third kappa shape index (κ3) is 10.6. The maximum Gasteiger partial charge on any atom is 0.411 e. The fraction of sp³-hybridized carbons (Fsp3) is 0.355. The van der Waals surface area contributed by atoms with Crippen LogP contribution in [0.2, 0.25) is 0 Å². The number of ether oxygens (including phenoxy) is 1. The van der Waals surface area contributed by atoms with Crippen LogP contribution in [0.15, 0.2) is 57.7 Å². The Bertz CT molecular complexity index is 1620. The van der Waals surface area contributed by atoms with Crippen molar-refractivity contribution >= 4 is 52.2 Å². The first-order valence-corrected chi connectivity index (χ1v) is 14.6. The molecule has 0 aliphatic heterocycles. The van der Waals surface area contributed by atoms with Crippen LogP contribution < -0.4 is 43.7 Å². The van der Waals surface area contributed by atoms with E-state index in [4.69, 9.17) is 20.6 Å². The van der Waals surface area contributed by atoms with Gasteiger partial charge in [0, 0.05) is 35.4 Å². The van der Waals surface area contributed by atoms with Crippen molar-refractivity contribution in [3.8, 4) is 0 Å². The molecule has 6 amide bonds. The van der Waals surface area contributed by atoms with Gasteiger partial charge in [-0.05, 0) is 61.1 Å². The quantitative estimate of drug-likeness (QED) is 0.101. The van der Waals surface area contributed by atoms with Crippen LogP contribution in [0.4, 0.5) is 21.0 Å². The van der Waals surface area contributed by atoms with E-state index < -0.39 is 47.6 Å². The summed E-state index contributed by atoms with van der Waals surface area (Å²) in [4.78, 5) is 73.1. The Morgan fingerprint density at radius 3 is 2.26 bits per heavy atom. The Balaban J connectivity index is 1.59. The Morgan fingerprint density at radius 1 is 0.913 bits per heavy atom. The summed E-state index contributed by atoms with van der Waals surface area (Å²) in [6.07, 6.45) is -0.232. The highest BCUT2D eigenvalue weighted by molar-refractivity contribution is 5.98. The number of rotatable bonds is 14. The molecule has 0 fully saturated rings. The number of nitrogens with one attached hydrogen (secondary N) is 5. The van der Waals surface area contributed by atoms with Crippen LogP contribution in [0.5, 0.6) is 0 Å². The lowest BCUT2D eigenvalue weighted by atomic mass is 10.0. The zero-order valence-corrected chi connectivity index (χ0v) is 25.8. The molecular formula is C31H39N7O8. The van der Waals surface area contributed by atoms with Crippen molar-refractivity contribution in [2.24, 2.45) is 17.4 Å². The van der Waals surface area contributed by atoms with Gasteiger partial charge in [0.05, 0.1) is 6.54 Å². The number of primary amides is 1. The molecule has 15 heteroatoms. The second kappa shape index (κ2) is 16.6. The summed E-state index contributed by atoms with van der Waals surface area (Å²) in [5.41, 5.74) is 12.5. The average Bonchev–Trinajstić information content (AvgIpc) is 3.00. The van der Waals surface area contributed by atoms with Crippen molar-refractivity contribution in [1.29, 1.82) is 0 Å². The number of carbonyl (C=O) groups excluding carboxylic acids is 5. The van der Waals surface area contributed by atoms with Gasteiger partial charge in [0.15, 0.2) is 0 Å². The number of fused-ring (bicyclic) bond motifs is 1. The average molecular weight is 638 g/mol. The second-order valence-corrected chi connectivity index (χ2v) is 10.8. The predicted molar refractivity (Wildman–Crippen MR) is 171 cm³/mol. The van der Waals surface area contributed by atoms with Gasteiger partial charge in [-0.25, -0.2) is 14.4 Å². The summed E-state index contributed by atoms with van der Waals surface area (Å²) in [5, 5.41) is 13.7. The highest BCUT2D eigenvalue weighted by Crippen LogP contribution is 2.21. The molecule has 1 heterocycles. The zero-order valence-electron chi connectivity index (χ0n) is 25.8. The van der Waals surface area contributed by atoms with Gasteiger partial charge in [0.2, 0.25) is 17.7 Å². The third-order valence-corrected chi connectivity index (χ3v) is 6.84. The molecule has 0 bridgehead atoms. The number of urea groups is 1. The fourth-order valence-electron chi connectivity index (χ4n) is 4.43. The Labute approximate surface area is 264 Å². The lowest BCUT2D eigenvalue weighted by molar-refractivity contribution is -0.131. The van der Waals surface area contributed by atoms with E-state index in [1.807, 2.05) is 0 Å². The maximum absolute atomic E-state index is 13.2. The molecule has 15 nitrogen and oxygen atoms in total. The minimum atomic E-state index is -1.00. The first-order chi connectivity index (χ1) is 21.9. The fourth-order valence-corrected chi connectivity index (χ4v) is 4.43. The minimum Gasteiger partial charge on any atom is -0.444 e. The zero-order chi connectivity index (χ0) is 33.8. The monoisotopic (exact) mass is 637 g/mol. The molecule has 0 saturated carbocycles. The van der Waals surface area contributed by atoms with Gasteiger partial charge in [-0.15, -0.1) is 0 Å². The predicted octanol–water partition coefficient (Wildman–Crippen LogP) is 1.82. The second-order valence-electron chi connectivity index (χ2n) is 10.8. The van der Waals surface area contributed by atoms with Crippen LogP contribution in [0, 0.1) is 12.8 Å². The molecule has 1 aromatic heterocycles. The van der Waals surface area contributed by atoms with Gasteiger partial charge < -0.3 is 41.9 Å². The first-order valence-electron chi connectivity index (χ1n) is 14.6. The lowest BCUT2D eigenvalue weighted by Crippen LogP contribution is -2.55.